The second-order valence-corrected chi connectivity index (χ2v) is 4.62. The lowest BCUT2D eigenvalue weighted by Crippen LogP contribution is -2.29. The van der Waals surface area contributed by atoms with Crippen molar-refractivity contribution < 1.29 is 20.1 Å². The summed E-state index contributed by atoms with van der Waals surface area (Å²) in [6, 6.07) is 9.96. The van der Waals surface area contributed by atoms with Crippen molar-refractivity contribution in [3.63, 3.8) is 0 Å². The lowest BCUT2D eigenvalue weighted by atomic mass is 9.95. The topological polar surface area (TPSA) is 89.8 Å². The van der Waals surface area contributed by atoms with Crippen LogP contribution in [0.2, 0.25) is 0 Å². The fourth-order valence-corrected chi connectivity index (χ4v) is 2.31. The fraction of sp³-hybridized carbons (Fsp3) is 0.267. The number of aliphatic hydroxyl groups excluding tert-OH is 2. The first-order valence-electron chi connectivity index (χ1n) is 6.32. The van der Waals surface area contributed by atoms with Gasteiger partial charge in [-0.1, -0.05) is 30.3 Å². The smallest absolute Gasteiger partial charge is 0.336 e. The minimum Gasteiger partial charge on any atom is -0.478 e. The number of likely N-dealkylation sites (N-methyl/N-ethyl adjacent to an activating group) is 1. The SMILES string of the molecule is CNCC(O)C(O)c1cccc2c(C(=O)O)cccc12. The predicted octanol–water partition coefficient (Wildman–Crippen LogP) is 1.15. The van der Waals surface area contributed by atoms with Crippen LogP contribution in [-0.2, 0) is 0 Å². The Labute approximate surface area is 116 Å². The van der Waals surface area contributed by atoms with Gasteiger partial charge in [0, 0.05) is 6.54 Å². The number of hydrogen-bond donors (Lipinski definition) is 4. The number of aromatic carboxylic acids is 1. The highest BCUT2D eigenvalue weighted by Gasteiger charge is 2.20. The van der Waals surface area contributed by atoms with Crippen LogP contribution in [-0.4, -0.2) is 41.0 Å². The molecule has 2 aromatic carbocycles. The van der Waals surface area contributed by atoms with Gasteiger partial charge in [-0.15, -0.1) is 0 Å². The maximum atomic E-state index is 11.2. The molecular weight excluding hydrogens is 258 g/mol. The molecule has 0 amide bonds. The highest BCUT2D eigenvalue weighted by atomic mass is 16.4. The summed E-state index contributed by atoms with van der Waals surface area (Å²) in [6.45, 7) is 0.246. The number of carboxylic acid groups (broad SMARTS) is 1. The molecule has 0 aromatic heterocycles. The Kier molecular flexibility index (Phi) is 4.34. The van der Waals surface area contributed by atoms with Crippen molar-refractivity contribution in [1.29, 1.82) is 0 Å². The van der Waals surface area contributed by atoms with E-state index >= 15 is 0 Å². The monoisotopic (exact) mass is 275 g/mol. The maximum absolute atomic E-state index is 11.2. The molecule has 0 aliphatic rings. The van der Waals surface area contributed by atoms with Gasteiger partial charge in [0.25, 0.3) is 0 Å². The highest BCUT2D eigenvalue weighted by Crippen LogP contribution is 2.28. The molecule has 0 heterocycles. The zero-order chi connectivity index (χ0) is 14.7. The van der Waals surface area contributed by atoms with E-state index in [-0.39, 0.29) is 12.1 Å². The predicted molar refractivity (Wildman–Crippen MR) is 75.8 cm³/mol. The first-order valence-corrected chi connectivity index (χ1v) is 6.32. The van der Waals surface area contributed by atoms with Gasteiger partial charge in [-0.05, 0) is 29.4 Å². The molecule has 20 heavy (non-hydrogen) atoms. The van der Waals surface area contributed by atoms with Gasteiger partial charge in [0.05, 0.1) is 11.7 Å². The summed E-state index contributed by atoms with van der Waals surface area (Å²) in [5.74, 6) is -1.02. The number of benzene rings is 2. The molecule has 5 nitrogen and oxygen atoms in total. The molecule has 0 spiro atoms. The summed E-state index contributed by atoms with van der Waals surface area (Å²) in [5.41, 5.74) is 0.702. The normalized spacial score (nSPS) is 14.2. The van der Waals surface area contributed by atoms with E-state index in [4.69, 9.17) is 0 Å². The Bertz CT molecular complexity index is 626. The highest BCUT2D eigenvalue weighted by molar-refractivity contribution is 6.04. The van der Waals surface area contributed by atoms with Crippen LogP contribution < -0.4 is 5.32 Å². The van der Waals surface area contributed by atoms with Crippen LogP contribution in [0, 0.1) is 0 Å². The first kappa shape index (κ1) is 14.5. The zero-order valence-corrected chi connectivity index (χ0v) is 11.1. The van der Waals surface area contributed by atoms with Crippen molar-refractivity contribution in [2.75, 3.05) is 13.6 Å². The van der Waals surface area contributed by atoms with E-state index in [9.17, 15) is 20.1 Å². The van der Waals surface area contributed by atoms with Crippen molar-refractivity contribution >= 4 is 16.7 Å². The molecule has 2 atom stereocenters. The molecular formula is C15H17NO4. The van der Waals surface area contributed by atoms with Crippen molar-refractivity contribution in [3.05, 3.63) is 47.5 Å². The van der Waals surface area contributed by atoms with E-state index in [1.807, 2.05) is 0 Å². The van der Waals surface area contributed by atoms with E-state index in [1.54, 1.807) is 37.4 Å². The van der Waals surface area contributed by atoms with E-state index in [0.717, 1.165) is 0 Å². The van der Waals surface area contributed by atoms with E-state index < -0.39 is 18.2 Å². The number of fused-ring (bicyclic) bond motifs is 1. The number of aliphatic hydroxyl groups is 2. The fourth-order valence-electron chi connectivity index (χ4n) is 2.31. The minimum absolute atomic E-state index is 0.180. The van der Waals surface area contributed by atoms with Gasteiger partial charge in [-0.2, -0.15) is 0 Å². The number of nitrogens with one attached hydrogen (secondary N) is 1. The van der Waals surface area contributed by atoms with E-state index in [0.29, 0.717) is 16.3 Å². The molecule has 2 aromatic rings. The van der Waals surface area contributed by atoms with Crippen molar-refractivity contribution in [1.82, 2.24) is 5.32 Å². The van der Waals surface area contributed by atoms with Crippen LogP contribution in [0.5, 0.6) is 0 Å². The molecule has 4 N–H and O–H groups in total. The van der Waals surface area contributed by atoms with Gasteiger partial charge in [0.15, 0.2) is 0 Å². The van der Waals surface area contributed by atoms with Crippen molar-refractivity contribution in [3.8, 4) is 0 Å². The van der Waals surface area contributed by atoms with Crippen LogP contribution in [0.1, 0.15) is 22.0 Å². The van der Waals surface area contributed by atoms with Crippen LogP contribution in [0.15, 0.2) is 36.4 Å². The molecule has 0 aliphatic carbocycles. The standard InChI is InChI=1S/C15H17NO4/c1-16-8-13(17)14(18)11-6-2-5-10-9(11)4-3-7-12(10)15(19)20/h2-7,13-14,16-18H,8H2,1H3,(H,19,20). The second kappa shape index (κ2) is 6.00. The summed E-state index contributed by atoms with van der Waals surface area (Å²) in [4.78, 5) is 11.2. The number of rotatable bonds is 5. The Morgan fingerprint density at radius 1 is 1.15 bits per heavy atom. The maximum Gasteiger partial charge on any atom is 0.336 e. The Morgan fingerprint density at radius 3 is 2.45 bits per heavy atom. The molecule has 0 bridgehead atoms. The molecule has 0 saturated heterocycles. The third kappa shape index (κ3) is 2.65. The average Bonchev–Trinajstić information content (AvgIpc) is 2.45. The summed E-state index contributed by atoms with van der Waals surface area (Å²) >= 11 is 0. The second-order valence-electron chi connectivity index (χ2n) is 4.62. The lowest BCUT2D eigenvalue weighted by molar-refractivity contribution is 0.0211. The molecule has 5 heteroatoms. The van der Waals surface area contributed by atoms with Gasteiger partial charge in [0.1, 0.15) is 6.10 Å². The summed E-state index contributed by atoms with van der Waals surface area (Å²) in [6.07, 6.45) is -2.03. The quantitative estimate of drug-likeness (QED) is 0.657. The Hall–Kier alpha value is -1.95. The zero-order valence-electron chi connectivity index (χ0n) is 11.1. The summed E-state index contributed by atoms with van der Waals surface area (Å²) < 4.78 is 0. The van der Waals surface area contributed by atoms with Gasteiger partial charge >= 0.3 is 5.97 Å². The van der Waals surface area contributed by atoms with Crippen LogP contribution in [0.25, 0.3) is 10.8 Å². The Morgan fingerprint density at radius 2 is 1.80 bits per heavy atom. The van der Waals surface area contributed by atoms with Crippen LogP contribution >= 0.6 is 0 Å². The first-order chi connectivity index (χ1) is 9.56. The van der Waals surface area contributed by atoms with Gasteiger partial charge in [-0.3, -0.25) is 0 Å². The lowest BCUT2D eigenvalue weighted by Gasteiger charge is -2.19. The number of hydrogen-bond acceptors (Lipinski definition) is 4. The van der Waals surface area contributed by atoms with Gasteiger partial charge in [-0.25, -0.2) is 4.79 Å². The molecule has 0 fully saturated rings. The largest absolute Gasteiger partial charge is 0.478 e. The van der Waals surface area contributed by atoms with Gasteiger partial charge < -0.3 is 20.6 Å². The third-order valence-corrected chi connectivity index (χ3v) is 3.28. The minimum atomic E-state index is -1.07. The van der Waals surface area contributed by atoms with Crippen LogP contribution in [0.3, 0.4) is 0 Å². The summed E-state index contributed by atoms with van der Waals surface area (Å²) in [7, 11) is 1.68. The third-order valence-electron chi connectivity index (χ3n) is 3.28. The van der Waals surface area contributed by atoms with E-state index in [2.05, 4.69) is 5.32 Å². The molecule has 0 aliphatic heterocycles. The average molecular weight is 275 g/mol. The number of carboxylic acids is 1. The Balaban J connectivity index is 2.55. The molecule has 2 unspecified atom stereocenters. The molecule has 2 rings (SSSR count). The number of carbonyl (C=O) groups is 1. The molecule has 0 saturated carbocycles. The van der Waals surface area contributed by atoms with E-state index in [1.165, 1.54) is 6.07 Å². The van der Waals surface area contributed by atoms with Gasteiger partial charge in [0.2, 0.25) is 0 Å². The van der Waals surface area contributed by atoms with Crippen molar-refractivity contribution in [2.24, 2.45) is 0 Å². The molecule has 0 radical (unpaired) electrons. The summed E-state index contributed by atoms with van der Waals surface area (Å²) in [5, 5.41) is 33.2. The van der Waals surface area contributed by atoms with Crippen molar-refractivity contribution in [2.45, 2.75) is 12.2 Å². The molecule has 106 valence electrons. The van der Waals surface area contributed by atoms with Crippen LogP contribution in [0.4, 0.5) is 0 Å².